The number of hydrogen-bond donors (Lipinski definition) is 1. The van der Waals surface area contributed by atoms with Crippen molar-refractivity contribution in [2.24, 2.45) is 0 Å². The van der Waals surface area contributed by atoms with E-state index in [1.165, 1.54) is 19.3 Å². The predicted octanol–water partition coefficient (Wildman–Crippen LogP) is 2.26. The quantitative estimate of drug-likeness (QED) is 0.602. The van der Waals surface area contributed by atoms with E-state index in [-0.39, 0.29) is 5.97 Å². The van der Waals surface area contributed by atoms with E-state index in [1.54, 1.807) is 0 Å². The van der Waals surface area contributed by atoms with Gasteiger partial charge in [-0.15, -0.1) is 6.42 Å². The summed E-state index contributed by atoms with van der Waals surface area (Å²) in [6.07, 6.45) is 12.8. The van der Waals surface area contributed by atoms with Crippen LogP contribution in [-0.4, -0.2) is 24.7 Å². The molecule has 3 heteroatoms. The highest BCUT2D eigenvalue weighted by atomic mass is 16.5. The van der Waals surface area contributed by atoms with Gasteiger partial charge < -0.3 is 4.74 Å². The minimum absolute atomic E-state index is 0.128. The van der Waals surface area contributed by atoms with Gasteiger partial charge in [-0.3, -0.25) is 10.1 Å². The van der Waals surface area contributed by atoms with Crippen LogP contribution < -0.4 is 5.32 Å². The van der Waals surface area contributed by atoms with E-state index in [0.717, 1.165) is 25.7 Å². The molecule has 1 N–H and O–H groups in total. The Morgan fingerprint density at radius 1 is 1.29 bits per heavy atom. The summed E-state index contributed by atoms with van der Waals surface area (Å²) >= 11 is 0. The van der Waals surface area contributed by atoms with Crippen LogP contribution in [0.25, 0.3) is 0 Å². The van der Waals surface area contributed by atoms with Crippen LogP contribution >= 0.6 is 0 Å². The van der Waals surface area contributed by atoms with Crippen molar-refractivity contribution < 1.29 is 9.53 Å². The smallest absolute Gasteiger partial charge is 0.326 e. The SMILES string of the molecule is C#CCNC1(C(=O)OCC)CCCCCCC1. The van der Waals surface area contributed by atoms with Gasteiger partial charge in [0.25, 0.3) is 0 Å². The fraction of sp³-hybridized carbons (Fsp3) is 0.786. The molecule has 0 unspecified atom stereocenters. The van der Waals surface area contributed by atoms with Gasteiger partial charge in [-0.1, -0.05) is 38.0 Å². The summed E-state index contributed by atoms with van der Waals surface area (Å²) in [6.45, 7) is 2.70. The molecule has 17 heavy (non-hydrogen) atoms. The van der Waals surface area contributed by atoms with Crippen LogP contribution in [0.5, 0.6) is 0 Å². The van der Waals surface area contributed by atoms with Gasteiger partial charge in [0.1, 0.15) is 5.54 Å². The molecule has 0 amide bonds. The van der Waals surface area contributed by atoms with Crippen LogP contribution in [-0.2, 0) is 9.53 Å². The number of ether oxygens (including phenoxy) is 1. The van der Waals surface area contributed by atoms with E-state index in [0.29, 0.717) is 13.2 Å². The Hall–Kier alpha value is -1.01. The molecule has 1 fully saturated rings. The minimum atomic E-state index is -0.539. The third kappa shape index (κ3) is 4.05. The third-order valence-corrected chi connectivity index (χ3v) is 3.40. The summed E-state index contributed by atoms with van der Waals surface area (Å²) in [6, 6.07) is 0. The first-order valence-corrected chi connectivity index (χ1v) is 6.61. The maximum atomic E-state index is 12.1. The molecule has 0 heterocycles. The van der Waals surface area contributed by atoms with Crippen LogP contribution in [0.3, 0.4) is 0 Å². The molecule has 0 bridgehead atoms. The van der Waals surface area contributed by atoms with Crippen molar-refractivity contribution in [1.82, 2.24) is 5.32 Å². The normalized spacial score (nSPS) is 19.8. The van der Waals surface area contributed by atoms with Gasteiger partial charge in [0.05, 0.1) is 13.2 Å². The first-order chi connectivity index (χ1) is 8.25. The Bertz CT molecular complexity index is 272. The predicted molar refractivity (Wildman–Crippen MR) is 68.5 cm³/mol. The molecule has 0 spiro atoms. The van der Waals surface area contributed by atoms with Crippen molar-refractivity contribution in [2.45, 2.75) is 57.4 Å². The Morgan fingerprint density at radius 2 is 1.88 bits per heavy atom. The highest BCUT2D eigenvalue weighted by Gasteiger charge is 2.38. The molecule has 3 nitrogen and oxygen atoms in total. The number of carbonyl (C=O) groups is 1. The molecule has 1 aliphatic carbocycles. The zero-order chi connectivity index (χ0) is 12.6. The molecule has 0 saturated heterocycles. The number of nitrogens with one attached hydrogen (secondary N) is 1. The van der Waals surface area contributed by atoms with Crippen LogP contribution in [0.15, 0.2) is 0 Å². The average Bonchev–Trinajstić information content (AvgIpc) is 2.28. The van der Waals surface area contributed by atoms with Crippen LogP contribution in [0.1, 0.15) is 51.9 Å². The molecule has 96 valence electrons. The lowest BCUT2D eigenvalue weighted by atomic mass is 9.84. The summed E-state index contributed by atoms with van der Waals surface area (Å²) < 4.78 is 5.21. The second kappa shape index (κ2) is 7.34. The van der Waals surface area contributed by atoms with Gasteiger partial charge in [-0.2, -0.15) is 0 Å². The Labute approximate surface area is 104 Å². The van der Waals surface area contributed by atoms with Crippen molar-refractivity contribution in [3.63, 3.8) is 0 Å². The van der Waals surface area contributed by atoms with E-state index in [4.69, 9.17) is 11.2 Å². The Kier molecular flexibility index (Phi) is 6.07. The van der Waals surface area contributed by atoms with E-state index in [1.807, 2.05) is 6.92 Å². The van der Waals surface area contributed by atoms with E-state index in [2.05, 4.69) is 11.2 Å². The molecule has 0 atom stereocenters. The van der Waals surface area contributed by atoms with Gasteiger partial charge >= 0.3 is 5.97 Å². The summed E-state index contributed by atoms with van der Waals surface area (Å²) in [5.41, 5.74) is -0.539. The number of terminal acetylenes is 1. The maximum absolute atomic E-state index is 12.1. The summed E-state index contributed by atoms with van der Waals surface area (Å²) in [4.78, 5) is 12.1. The molecule has 0 aromatic carbocycles. The first-order valence-electron chi connectivity index (χ1n) is 6.61. The summed E-state index contributed by atoms with van der Waals surface area (Å²) in [7, 11) is 0. The summed E-state index contributed by atoms with van der Waals surface area (Å²) in [5.74, 6) is 2.43. The number of carbonyl (C=O) groups excluding carboxylic acids is 1. The highest BCUT2D eigenvalue weighted by molar-refractivity contribution is 5.81. The van der Waals surface area contributed by atoms with Crippen molar-refractivity contribution >= 4 is 5.97 Å². The van der Waals surface area contributed by atoms with Crippen molar-refractivity contribution in [1.29, 1.82) is 0 Å². The third-order valence-electron chi connectivity index (χ3n) is 3.40. The number of rotatable bonds is 4. The van der Waals surface area contributed by atoms with Crippen molar-refractivity contribution in [3.8, 4) is 12.3 Å². The topological polar surface area (TPSA) is 38.3 Å². The zero-order valence-electron chi connectivity index (χ0n) is 10.8. The Balaban J connectivity index is 2.73. The van der Waals surface area contributed by atoms with Crippen LogP contribution in [0.2, 0.25) is 0 Å². The monoisotopic (exact) mass is 237 g/mol. The largest absolute Gasteiger partial charge is 0.465 e. The molecule has 1 rings (SSSR count). The van der Waals surface area contributed by atoms with Gasteiger partial charge in [0, 0.05) is 0 Å². The standard InChI is InChI=1S/C14H23NO2/c1-3-12-15-14(13(16)17-4-2)10-8-6-5-7-9-11-14/h1,15H,4-12H2,2H3. The molecule has 1 saturated carbocycles. The van der Waals surface area contributed by atoms with E-state index >= 15 is 0 Å². The van der Waals surface area contributed by atoms with Crippen LogP contribution in [0.4, 0.5) is 0 Å². The fourth-order valence-electron chi connectivity index (χ4n) is 2.45. The fourth-order valence-corrected chi connectivity index (χ4v) is 2.45. The molecule has 0 aromatic rings. The zero-order valence-corrected chi connectivity index (χ0v) is 10.8. The molecular formula is C14H23NO2. The second-order valence-corrected chi connectivity index (χ2v) is 4.63. The molecule has 1 aliphatic rings. The lowest BCUT2D eigenvalue weighted by Crippen LogP contribution is -2.53. The van der Waals surface area contributed by atoms with Crippen molar-refractivity contribution in [3.05, 3.63) is 0 Å². The van der Waals surface area contributed by atoms with Crippen LogP contribution in [0, 0.1) is 12.3 Å². The summed E-state index contributed by atoms with van der Waals surface area (Å²) in [5, 5.41) is 3.23. The van der Waals surface area contributed by atoms with E-state index in [9.17, 15) is 4.79 Å². The lowest BCUT2D eigenvalue weighted by Gasteiger charge is -2.33. The molecule has 0 radical (unpaired) electrons. The number of hydrogen-bond acceptors (Lipinski definition) is 3. The van der Waals surface area contributed by atoms with Gasteiger partial charge in [-0.25, -0.2) is 0 Å². The van der Waals surface area contributed by atoms with Gasteiger partial charge in [-0.05, 0) is 19.8 Å². The number of esters is 1. The maximum Gasteiger partial charge on any atom is 0.326 e. The average molecular weight is 237 g/mol. The molecule has 0 aliphatic heterocycles. The van der Waals surface area contributed by atoms with Gasteiger partial charge in [0.15, 0.2) is 0 Å². The van der Waals surface area contributed by atoms with E-state index < -0.39 is 5.54 Å². The minimum Gasteiger partial charge on any atom is -0.465 e. The van der Waals surface area contributed by atoms with Gasteiger partial charge in [0.2, 0.25) is 0 Å². The highest BCUT2D eigenvalue weighted by Crippen LogP contribution is 2.27. The molecule has 0 aromatic heterocycles. The van der Waals surface area contributed by atoms with Crippen molar-refractivity contribution in [2.75, 3.05) is 13.2 Å². The first kappa shape index (κ1) is 14.1. The Morgan fingerprint density at radius 3 is 2.41 bits per heavy atom. The second-order valence-electron chi connectivity index (χ2n) is 4.63. The molecular weight excluding hydrogens is 214 g/mol. The lowest BCUT2D eigenvalue weighted by molar-refractivity contribution is -0.152.